The summed E-state index contributed by atoms with van der Waals surface area (Å²) in [4.78, 5) is 44.9. The van der Waals surface area contributed by atoms with E-state index in [1.807, 2.05) is 6.92 Å². The van der Waals surface area contributed by atoms with Crippen LogP contribution in [0.1, 0.15) is 72.0 Å². The Kier molecular flexibility index (Phi) is 7.58. The van der Waals surface area contributed by atoms with Crippen molar-refractivity contribution in [3.05, 3.63) is 49.8 Å². The number of pyridine rings is 1. The number of aryl methyl sites for hydroxylation is 1. The smallest absolute Gasteiger partial charge is 0.410 e. The molecular formula is C23H31N3O6S. The Labute approximate surface area is 196 Å². The van der Waals surface area contributed by atoms with Gasteiger partial charge in [-0.2, -0.15) is 0 Å². The number of piperidine rings is 1. The Morgan fingerprint density at radius 2 is 2.03 bits per heavy atom. The van der Waals surface area contributed by atoms with Crippen LogP contribution in [0.4, 0.5) is 4.79 Å². The summed E-state index contributed by atoms with van der Waals surface area (Å²) in [5.41, 5.74) is -0.337. The quantitative estimate of drug-likeness (QED) is 0.655. The van der Waals surface area contributed by atoms with Gasteiger partial charge in [0, 0.05) is 36.7 Å². The van der Waals surface area contributed by atoms with Crippen molar-refractivity contribution in [3.8, 4) is 0 Å². The molecule has 0 spiro atoms. The van der Waals surface area contributed by atoms with Crippen molar-refractivity contribution in [1.29, 1.82) is 0 Å². The summed E-state index contributed by atoms with van der Waals surface area (Å²) in [6, 6.07) is 1.38. The standard InChI is InChI=1S/C23H31N3O6S/c1-14-17(10-12-27)33-20(24-14)19(26-13-15(21(29)30)8-9-18(26)28)16-7-5-6-11-25(16)22(31)32-23(2,3)4/h8-9,13,16,19,27H,5-7,10-12H2,1-4H3,(H,29,30)/t16-,19+/m1/s1. The lowest BCUT2D eigenvalue weighted by molar-refractivity contribution is 0.00460. The number of aliphatic hydroxyl groups excluding tert-OH is 1. The zero-order valence-corrected chi connectivity index (χ0v) is 20.2. The van der Waals surface area contributed by atoms with Gasteiger partial charge in [0.25, 0.3) is 5.56 Å². The molecule has 0 bridgehead atoms. The lowest BCUT2D eigenvalue weighted by atomic mass is 9.95. The van der Waals surface area contributed by atoms with Crippen molar-refractivity contribution < 1.29 is 24.5 Å². The monoisotopic (exact) mass is 477 g/mol. The molecule has 33 heavy (non-hydrogen) atoms. The first-order valence-corrected chi connectivity index (χ1v) is 11.9. The maximum atomic E-state index is 13.1. The van der Waals surface area contributed by atoms with E-state index in [1.165, 1.54) is 34.2 Å². The summed E-state index contributed by atoms with van der Waals surface area (Å²) in [6.45, 7) is 7.67. The normalized spacial score (nSPS) is 17.6. The number of thiazole rings is 1. The fraction of sp³-hybridized carbons (Fsp3) is 0.565. The zero-order chi connectivity index (χ0) is 24.3. The van der Waals surface area contributed by atoms with Crippen LogP contribution in [0, 0.1) is 6.92 Å². The maximum absolute atomic E-state index is 13.1. The van der Waals surface area contributed by atoms with Crippen LogP contribution in [0.5, 0.6) is 0 Å². The zero-order valence-electron chi connectivity index (χ0n) is 19.4. The molecule has 1 fully saturated rings. The van der Waals surface area contributed by atoms with Crippen molar-refractivity contribution in [2.45, 2.75) is 71.1 Å². The number of ether oxygens (including phenoxy) is 1. The highest BCUT2D eigenvalue weighted by molar-refractivity contribution is 7.11. The Hall–Kier alpha value is -2.72. The number of aromatic nitrogens is 2. The molecule has 2 atom stereocenters. The fourth-order valence-electron chi connectivity index (χ4n) is 4.06. The van der Waals surface area contributed by atoms with Gasteiger partial charge in [0.15, 0.2) is 0 Å². The lowest BCUT2D eigenvalue weighted by Crippen LogP contribution is -2.51. The molecule has 2 N–H and O–H groups in total. The Morgan fingerprint density at radius 1 is 1.30 bits per heavy atom. The molecular weight excluding hydrogens is 446 g/mol. The number of rotatable bonds is 6. The first-order chi connectivity index (χ1) is 15.5. The highest BCUT2D eigenvalue weighted by Gasteiger charge is 2.39. The van der Waals surface area contributed by atoms with Crippen molar-refractivity contribution in [3.63, 3.8) is 0 Å². The van der Waals surface area contributed by atoms with E-state index >= 15 is 0 Å². The molecule has 3 heterocycles. The van der Waals surface area contributed by atoms with Crippen molar-refractivity contribution >= 4 is 23.4 Å². The summed E-state index contributed by atoms with van der Waals surface area (Å²) in [5, 5.41) is 19.5. The first-order valence-electron chi connectivity index (χ1n) is 11.0. The summed E-state index contributed by atoms with van der Waals surface area (Å²) >= 11 is 1.37. The molecule has 3 rings (SSSR count). The largest absolute Gasteiger partial charge is 0.478 e. The molecule has 10 heteroatoms. The van der Waals surface area contributed by atoms with E-state index in [4.69, 9.17) is 4.74 Å². The highest BCUT2D eigenvalue weighted by atomic mass is 32.1. The molecule has 1 aliphatic heterocycles. The molecule has 1 saturated heterocycles. The minimum absolute atomic E-state index is 0.0249. The van der Waals surface area contributed by atoms with Crippen molar-refractivity contribution in [2.75, 3.05) is 13.2 Å². The number of likely N-dealkylation sites (tertiary alicyclic amines) is 1. The number of aliphatic hydroxyl groups is 1. The van der Waals surface area contributed by atoms with E-state index in [0.29, 0.717) is 24.4 Å². The molecule has 2 aromatic heterocycles. The van der Waals surface area contributed by atoms with Crippen LogP contribution in [0.15, 0.2) is 23.1 Å². The van der Waals surface area contributed by atoms with E-state index in [1.54, 1.807) is 25.7 Å². The van der Waals surface area contributed by atoms with E-state index in [0.717, 1.165) is 23.4 Å². The third-order valence-electron chi connectivity index (χ3n) is 5.53. The molecule has 2 aromatic rings. The number of carboxylic acid groups (broad SMARTS) is 1. The molecule has 0 unspecified atom stereocenters. The number of nitrogens with zero attached hydrogens (tertiary/aromatic N) is 3. The van der Waals surface area contributed by atoms with Crippen LogP contribution in [0.2, 0.25) is 0 Å². The van der Waals surface area contributed by atoms with Gasteiger partial charge in [0.05, 0.1) is 17.3 Å². The van der Waals surface area contributed by atoms with Gasteiger partial charge in [-0.3, -0.25) is 4.79 Å². The Balaban J connectivity index is 2.15. The average molecular weight is 478 g/mol. The number of carboxylic acids is 1. The number of carbonyl (C=O) groups is 2. The van der Waals surface area contributed by atoms with Gasteiger partial charge in [-0.25, -0.2) is 14.6 Å². The van der Waals surface area contributed by atoms with Gasteiger partial charge in [0.2, 0.25) is 0 Å². The van der Waals surface area contributed by atoms with Crippen molar-refractivity contribution in [2.24, 2.45) is 0 Å². The SMILES string of the molecule is Cc1nc([C@H]([C@H]2CCCCN2C(=O)OC(C)(C)C)n2cc(C(=O)O)ccc2=O)sc1CCO. The third-order valence-corrected chi connectivity index (χ3v) is 6.82. The van der Waals surface area contributed by atoms with Gasteiger partial charge in [-0.15, -0.1) is 11.3 Å². The van der Waals surface area contributed by atoms with Gasteiger partial charge >= 0.3 is 12.1 Å². The number of hydrogen-bond donors (Lipinski definition) is 2. The van der Waals surface area contributed by atoms with E-state index in [-0.39, 0.29) is 17.7 Å². The predicted octanol–water partition coefficient (Wildman–Crippen LogP) is 3.23. The van der Waals surface area contributed by atoms with Crippen LogP contribution in [0.25, 0.3) is 0 Å². The fourth-order valence-corrected chi connectivity index (χ4v) is 5.27. The molecule has 0 aromatic carbocycles. The Bertz CT molecular complexity index is 1070. The summed E-state index contributed by atoms with van der Waals surface area (Å²) in [6.07, 6.45) is 3.55. The topological polar surface area (TPSA) is 122 Å². The first kappa shape index (κ1) is 24.9. The maximum Gasteiger partial charge on any atom is 0.410 e. The predicted molar refractivity (Wildman–Crippen MR) is 124 cm³/mol. The second kappa shape index (κ2) is 10.0. The van der Waals surface area contributed by atoms with Gasteiger partial charge < -0.3 is 24.4 Å². The Morgan fingerprint density at radius 3 is 2.67 bits per heavy atom. The van der Waals surface area contributed by atoms with E-state index in [2.05, 4.69) is 4.98 Å². The van der Waals surface area contributed by atoms with Crippen molar-refractivity contribution in [1.82, 2.24) is 14.5 Å². The molecule has 1 aliphatic rings. The van der Waals surface area contributed by atoms with E-state index in [9.17, 15) is 24.6 Å². The lowest BCUT2D eigenvalue weighted by Gasteiger charge is -2.40. The van der Waals surface area contributed by atoms with Crippen LogP contribution in [-0.2, 0) is 11.2 Å². The minimum Gasteiger partial charge on any atom is -0.478 e. The van der Waals surface area contributed by atoms with Gasteiger partial charge in [-0.1, -0.05) is 0 Å². The average Bonchev–Trinajstić information content (AvgIpc) is 3.08. The third kappa shape index (κ3) is 5.80. The molecule has 0 aliphatic carbocycles. The van der Waals surface area contributed by atoms with Gasteiger partial charge in [-0.05, 0) is 53.0 Å². The second-order valence-electron chi connectivity index (χ2n) is 9.18. The number of hydrogen-bond acceptors (Lipinski definition) is 7. The molecule has 180 valence electrons. The van der Waals surface area contributed by atoms with Gasteiger partial charge in [0.1, 0.15) is 16.7 Å². The highest BCUT2D eigenvalue weighted by Crippen LogP contribution is 2.35. The second-order valence-corrected chi connectivity index (χ2v) is 10.3. The summed E-state index contributed by atoms with van der Waals surface area (Å²) in [5.74, 6) is -1.15. The van der Waals surface area contributed by atoms with Crippen LogP contribution in [0.3, 0.4) is 0 Å². The van der Waals surface area contributed by atoms with Crippen LogP contribution < -0.4 is 5.56 Å². The van der Waals surface area contributed by atoms with Crippen LogP contribution >= 0.6 is 11.3 Å². The minimum atomic E-state index is -1.15. The number of carbonyl (C=O) groups excluding carboxylic acids is 1. The molecule has 9 nitrogen and oxygen atoms in total. The molecule has 1 amide bonds. The number of aromatic carboxylic acids is 1. The van der Waals surface area contributed by atoms with E-state index < -0.39 is 29.7 Å². The summed E-state index contributed by atoms with van der Waals surface area (Å²) < 4.78 is 7.02. The molecule has 0 saturated carbocycles. The number of amides is 1. The molecule has 0 radical (unpaired) electrons. The van der Waals surface area contributed by atoms with Crippen LogP contribution in [-0.4, -0.2) is 61.5 Å². The summed E-state index contributed by atoms with van der Waals surface area (Å²) in [7, 11) is 0.